The lowest BCUT2D eigenvalue weighted by Crippen LogP contribution is -2.37. The molecule has 1 fully saturated rings. The Morgan fingerprint density at radius 1 is 1.17 bits per heavy atom. The maximum Gasteiger partial charge on any atom is 0.252 e. The molecule has 2 aromatic heterocycles. The zero-order valence-corrected chi connectivity index (χ0v) is 15.7. The number of benzene rings is 2. The number of nitrogens with zero attached hydrogens (tertiary/aromatic N) is 2. The molecule has 2 aromatic carbocycles. The second-order valence-electron chi connectivity index (χ2n) is 7.30. The zero-order valence-electron chi connectivity index (χ0n) is 15.7. The highest BCUT2D eigenvalue weighted by Gasteiger charge is 2.26. The minimum atomic E-state index is -0.262. The fourth-order valence-electron chi connectivity index (χ4n) is 3.88. The summed E-state index contributed by atoms with van der Waals surface area (Å²) in [5.41, 5.74) is 3.36. The van der Waals surface area contributed by atoms with E-state index in [2.05, 4.69) is 25.4 Å². The van der Waals surface area contributed by atoms with Crippen molar-refractivity contribution in [3.05, 3.63) is 72.2 Å². The van der Waals surface area contributed by atoms with Crippen LogP contribution in [0.25, 0.3) is 22.2 Å². The van der Waals surface area contributed by atoms with E-state index in [1.807, 2.05) is 36.5 Å². The maximum absolute atomic E-state index is 13.1. The van der Waals surface area contributed by atoms with E-state index in [9.17, 15) is 9.18 Å². The van der Waals surface area contributed by atoms with Crippen molar-refractivity contribution >= 4 is 22.6 Å². The molecule has 1 amide bonds. The van der Waals surface area contributed by atoms with Gasteiger partial charge >= 0.3 is 0 Å². The van der Waals surface area contributed by atoms with E-state index < -0.39 is 0 Å². The summed E-state index contributed by atoms with van der Waals surface area (Å²) < 4.78 is 13.1. The molecule has 3 heterocycles. The fourth-order valence-corrected chi connectivity index (χ4v) is 3.88. The van der Waals surface area contributed by atoms with Gasteiger partial charge < -0.3 is 15.2 Å². The van der Waals surface area contributed by atoms with Gasteiger partial charge in [0.25, 0.3) is 5.91 Å². The number of amides is 1. The molecule has 0 spiro atoms. The van der Waals surface area contributed by atoms with Crippen LogP contribution in [0, 0.1) is 5.82 Å². The summed E-state index contributed by atoms with van der Waals surface area (Å²) >= 11 is 0. The monoisotopic (exact) mass is 389 g/mol. The van der Waals surface area contributed by atoms with Crippen LogP contribution in [0.4, 0.5) is 10.2 Å². The Bertz CT molecular complexity index is 1160. The molecule has 0 bridgehead atoms. The Morgan fingerprint density at radius 2 is 2.03 bits per heavy atom. The van der Waals surface area contributed by atoms with Crippen molar-refractivity contribution in [3.8, 4) is 11.3 Å². The molecular formula is C22H20FN5O. The average Bonchev–Trinajstić information content (AvgIpc) is 3.48. The molecule has 3 N–H and O–H groups in total. The van der Waals surface area contributed by atoms with Crippen LogP contribution in [0.5, 0.6) is 0 Å². The molecule has 5 rings (SSSR count). The molecule has 0 aliphatic carbocycles. The molecule has 7 heteroatoms. The lowest BCUT2D eigenvalue weighted by Gasteiger charge is -2.16. The first-order valence-corrected chi connectivity index (χ1v) is 9.60. The SMILES string of the molecule is O=C(NC1CCN(c2cc(-c3ccc(F)cc3)[nH]n2)C1)c1cccc2[nH]ccc12. The number of rotatable bonds is 4. The third kappa shape index (κ3) is 3.35. The third-order valence-electron chi connectivity index (χ3n) is 5.41. The fraction of sp³-hybridized carbons (Fsp3) is 0.182. The van der Waals surface area contributed by atoms with Crippen molar-refractivity contribution in [1.29, 1.82) is 0 Å². The largest absolute Gasteiger partial charge is 0.361 e. The van der Waals surface area contributed by atoms with Crippen molar-refractivity contribution in [3.63, 3.8) is 0 Å². The molecule has 1 aliphatic heterocycles. The van der Waals surface area contributed by atoms with Gasteiger partial charge in [0.1, 0.15) is 5.82 Å². The Kier molecular flexibility index (Phi) is 4.27. The maximum atomic E-state index is 13.1. The Hall–Kier alpha value is -3.61. The molecule has 1 aliphatic rings. The highest BCUT2D eigenvalue weighted by Crippen LogP contribution is 2.25. The summed E-state index contributed by atoms with van der Waals surface area (Å²) in [4.78, 5) is 18.1. The number of fused-ring (bicyclic) bond motifs is 1. The standard InChI is InChI=1S/C22H20FN5O/c23-15-6-4-14(5-7-15)20-12-21(27-26-20)28-11-9-16(13-28)25-22(29)18-2-1-3-19-17(18)8-10-24-19/h1-8,10,12,16,24H,9,11,13H2,(H,25,29)(H,26,27). The van der Waals surface area contributed by atoms with Gasteiger partial charge in [-0.2, -0.15) is 5.10 Å². The molecular weight excluding hydrogens is 369 g/mol. The van der Waals surface area contributed by atoms with E-state index in [1.54, 1.807) is 12.1 Å². The quantitative estimate of drug-likeness (QED) is 0.498. The lowest BCUT2D eigenvalue weighted by atomic mass is 10.1. The predicted molar refractivity (Wildman–Crippen MR) is 110 cm³/mol. The first-order chi connectivity index (χ1) is 14.2. The molecule has 4 aromatic rings. The second kappa shape index (κ2) is 7.09. The number of hydrogen-bond acceptors (Lipinski definition) is 3. The molecule has 29 heavy (non-hydrogen) atoms. The zero-order chi connectivity index (χ0) is 19.8. The molecule has 6 nitrogen and oxygen atoms in total. The first-order valence-electron chi connectivity index (χ1n) is 9.60. The minimum Gasteiger partial charge on any atom is -0.361 e. The van der Waals surface area contributed by atoms with Crippen LogP contribution >= 0.6 is 0 Å². The number of hydrogen-bond donors (Lipinski definition) is 3. The van der Waals surface area contributed by atoms with E-state index in [0.29, 0.717) is 12.1 Å². The number of aromatic nitrogens is 3. The Morgan fingerprint density at radius 3 is 2.90 bits per heavy atom. The van der Waals surface area contributed by atoms with Crippen molar-refractivity contribution in [2.24, 2.45) is 0 Å². The van der Waals surface area contributed by atoms with Gasteiger partial charge in [-0.15, -0.1) is 0 Å². The number of aromatic amines is 2. The topological polar surface area (TPSA) is 76.8 Å². The van der Waals surface area contributed by atoms with Gasteiger partial charge in [-0.05, 0) is 54.4 Å². The van der Waals surface area contributed by atoms with Gasteiger partial charge in [0.05, 0.1) is 5.69 Å². The van der Waals surface area contributed by atoms with Crippen LogP contribution in [0.1, 0.15) is 16.8 Å². The Balaban J connectivity index is 1.26. The highest BCUT2D eigenvalue weighted by molar-refractivity contribution is 6.06. The first kappa shape index (κ1) is 17.5. The molecule has 0 radical (unpaired) electrons. The van der Waals surface area contributed by atoms with Gasteiger partial charge in [0.15, 0.2) is 5.82 Å². The van der Waals surface area contributed by atoms with Crippen LogP contribution in [0.2, 0.25) is 0 Å². The normalized spacial score (nSPS) is 16.4. The van der Waals surface area contributed by atoms with Crippen LogP contribution in [0.3, 0.4) is 0 Å². The second-order valence-corrected chi connectivity index (χ2v) is 7.30. The summed E-state index contributed by atoms with van der Waals surface area (Å²) in [7, 11) is 0. The van der Waals surface area contributed by atoms with Gasteiger partial charge in [-0.1, -0.05) is 6.07 Å². The van der Waals surface area contributed by atoms with Crippen LogP contribution < -0.4 is 10.2 Å². The van der Waals surface area contributed by atoms with E-state index in [4.69, 9.17) is 0 Å². The average molecular weight is 389 g/mol. The summed E-state index contributed by atoms with van der Waals surface area (Å²) in [6.45, 7) is 1.51. The number of anilines is 1. The molecule has 0 saturated carbocycles. The van der Waals surface area contributed by atoms with E-state index in [-0.39, 0.29) is 17.8 Å². The summed E-state index contributed by atoms with van der Waals surface area (Å²) in [5.74, 6) is 0.506. The Labute approximate surface area is 166 Å². The lowest BCUT2D eigenvalue weighted by molar-refractivity contribution is 0.0942. The third-order valence-corrected chi connectivity index (χ3v) is 5.41. The minimum absolute atomic E-state index is 0.0580. The molecule has 146 valence electrons. The summed E-state index contributed by atoms with van der Waals surface area (Å²) in [6.07, 6.45) is 2.70. The van der Waals surface area contributed by atoms with E-state index in [0.717, 1.165) is 40.9 Å². The van der Waals surface area contributed by atoms with Crippen LogP contribution in [0.15, 0.2) is 60.8 Å². The molecule has 1 atom stereocenters. The van der Waals surface area contributed by atoms with Crippen molar-refractivity contribution in [1.82, 2.24) is 20.5 Å². The summed E-state index contributed by atoms with van der Waals surface area (Å²) in [5, 5.41) is 11.5. The van der Waals surface area contributed by atoms with Crippen molar-refractivity contribution < 1.29 is 9.18 Å². The smallest absolute Gasteiger partial charge is 0.252 e. The number of halogens is 1. The summed E-state index contributed by atoms with van der Waals surface area (Å²) in [6, 6.07) is 15.9. The van der Waals surface area contributed by atoms with E-state index in [1.165, 1.54) is 12.1 Å². The highest BCUT2D eigenvalue weighted by atomic mass is 19.1. The van der Waals surface area contributed by atoms with Crippen LogP contribution in [-0.2, 0) is 0 Å². The number of nitrogens with one attached hydrogen (secondary N) is 3. The van der Waals surface area contributed by atoms with Gasteiger partial charge in [-0.3, -0.25) is 9.89 Å². The van der Waals surface area contributed by atoms with E-state index >= 15 is 0 Å². The van der Waals surface area contributed by atoms with Gasteiger partial charge in [-0.25, -0.2) is 4.39 Å². The molecule has 1 saturated heterocycles. The number of H-pyrrole nitrogens is 2. The van der Waals surface area contributed by atoms with Gasteiger partial charge in [0, 0.05) is 47.9 Å². The molecule has 1 unspecified atom stereocenters. The van der Waals surface area contributed by atoms with Crippen molar-refractivity contribution in [2.45, 2.75) is 12.5 Å². The predicted octanol–water partition coefficient (Wildman–Crippen LogP) is 3.71. The van der Waals surface area contributed by atoms with Gasteiger partial charge in [0.2, 0.25) is 0 Å². The number of carbonyl (C=O) groups excluding carboxylic acids is 1. The van der Waals surface area contributed by atoms with Crippen LogP contribution in [-0.4, -0.2) is 40.2 Å². The number of carbonyl (C=O) groups is 1. The van der Waals surface area contributed by atoms with Crippen molar-refractivity contribution in [2.75, 3.05) is 18.0 Å².